The van der Waals surface area contributed by atoms with E-state index in [1.807, 2.05) is 10.9 Å². The molecule has 2 rings (SSSR count). The average molecular weight is 293 g/mol. The van der Waals surface area contributed by atoms with Crippen LogP contribution in [0.2, 0.25) is 0 Å². The van der Waals surface area contributed by atoms with Crippen molar-refractivity contribution in [2.24, 2.45) is 5.92 Å². The topological polar surface area (TPSA) is 70.5 Å². The molecular weight excluding hydrogens is 270 g/mol. The van der Waals surface area contributed by atoms with Gasteiger partial charge in [0.15, 0.2) is 0 Å². The maximum absolute atomic E-state index is 12.2. The molecule has 0 atom stereocenters. The van der Waals surface area contributed by atoms with Crippen molar-refractivity contribution in [2.45, 2.75) is 26.8 Å². The SMILES string of the molecule is CC(C)Cn1cc(NC(=O)N2CCCN(C)C(=O)C2)cn1. The minimum Gasteiger partial charge on any atom is -0.344 e. The first kappa shape index (κ1) is 15.3. The van der Waals surface area contributed by atoms with Gasteiger partial charge in [-0.15, -0.1) is 0 Å². The highest BCUT2D eigenvalue weighted by Crippen LogP contribution is 2.10. The highest BCUT2D eigenvalue weighted by molar-refractivity contribution is 5.92. The third-order valence-corrected chi connectivity index (χ3v) is 3.40. The van der Waals surface area contributed by atoms with Crippen LogP contribution in [-0.4, -0.2) is 58.2 Å². The van der Waals surface area contributed by atoms with Gasteiger partial charge in [-0.25, -0.2) is 4.79 Å². The summed E-state index contributed by atoms with van der Waals surface area (Å²) >= 11 is 0. The van der Waals surface area contributed by atoms with E-state index in [4.69, 9.17) is 0 Å². The molecule has 0 saturated carbocycles. The molecule has 0 aliphatic carbocycles. The molecule has 0 unspecified atom stereocenters. The summed E-state index contributed by atoms with van der Waals surface area (Å²) in [5.41, 5.74) is 0.658. The van der Waals surface area contributed by atoms with E-state index in [1.54, 1.807) is 23.0 Å². The largest absolute Gasteiger partial charge is 0.344 e. The van der Waals surface area contributed by atoms with Crippen molar-refractivity contribution in [2.75, 3.05) is 32.0 Å². The Balaban J connectivity index is 1.94. The van der Waals surface area contributed by atoms with Gasteiger partial charge in [-0.2, -0.15) is 5.10 Å². The number of nitrogens with one attached hydrogen (secondary N) is 1. The Morgan fingerprint density at radius 3 is 2.90 bits per heavy atom. The van der Waals surface area contributed by atoms with Crippen LogP contribution < -0.4 is 5.32 Å². The summed E-state index contributed by atoms with van der Waals surface area (Å²) in [5, 5.41) is 7.01. The monoisotopic (exact) mass is 293 g/mol. The van der Waals surface area contributed by atoms with Gasteiger partial charge in [0.05, 0.1) is 11.9 Å². The summed E-state index contributed by atoms with van der Waals surface area (Å²) in [6.45, 7) is 6.43. The van der Waals surface area contributed by atoms with Crippen LogP contribution in [0.25, 0.3) is 0 Å². The normalized spacial score (nSPS) is 16.3. The molecule has 21 heavy (non-hydrogen) atoms. The number of hydrogen-bond acceptors (Lipinski definition) is 3. The van der Waals surface area contributed by atoms with Gasteiger partial charge in [-0.3, -0.25) is 9.48 Å². The van der Waals surface area contributed by atoms with Crippen molar-refractivity contribution >= 4 is 17.6 Å². The smallest absolute Gasteiger partial charge is 0.322 e. The zero-order valence-electron chi connectivity index (χ0n) is 12.9. The molecule has 0 bridgehead atoms. The number of hydrogen-bond donors (Lipinski definition) is 1. The van der Waals surface area contributed by atoms with Crippen molar-refractivity contribution in [3.63, 3.8) is 0 Å². The minimum absolute atomic E-state index is 0.0295. The second kappa shape index (κ2) is 6.60. The fraction of sp³-hybridized carbons (Fsp3) is 0.643. The van der Waals surface area contributed by atoms with E-state index in [0.29, 0.717) is 24.7 Å². The van der Waals surface area contributed by atoms with E-state index >= 15 is 0 Å². The number of anilines is 1. The maximum atomic E-state index is 12.2. The van der Waals surface area contributed by atoms with Gasteiger partial charge in [-0.05, 0) is 12.3 Å². The standard InChI is InChI=1S/C14H23N5O2/c1-11(2)8-19-9-12(7-15-19)16-14(21)18-6-4-5-17(3)13(20)10-18/h7,9,11H,4-6,8,10H2,1-3H3,(H,16,21). The molecule has 0 radical (unpaired) electrons. The highest BCUT2D eigenvalue weighted by atomic mass is 16.2. The summed E-state index contributed by atoms with van der Waals surface area (Å²) < 4.78 is 1.81. The molecular formula is C14H23N5O2. The Labute approximate surface area is 124 Å². The minimum atomic E-state index is -0.247. The summed E-state index contributed by atoms with van der Waals surface area (Å²) in [7, 11) is 1.76. The molecule has 7 heteroatoms. The van der Waals surface area contributed by atoms with E-state index in [2.05, 4.69) is 24.3 Å². The molecule has 1 aliphatic rings. The number of aromatic nitrogens is 2. The zero-order chi connectivity index (χ0) is 15.4. The van der Waals surface area contributed by atoms with E-state index in [-0.39, 0.29) is 18.5 Å². The van der Waals surface area contributed by atoms with Crippen LogP contribution in [0.15, 0.2) is 12.4 Å². The zero-order valence-corrected chi connectivity index (χ0v) is 12.9. The second-order valence-corrected chi connectivity index (χ2v) is 5.87. The van der Waals surface area contributed by atoms with Crippen LogP contribution in [0, 0.1) is 5.92 Å². The molecule has 0 spiro atoms. The molecule has 1 aliphatic heterocycles. The van der Waals surface area contributed by atoms with Crippen LogP contribution in [-0.2, 0) is 11.3 Å². The van der Waals surface area contributed by atoms with Crippen molar-refractivity contribution in [1.82, 2.24) is 19.6 Å². The van der Waals surface area contributed by atoms with Crippen molar-refractivity contribution in [3.8, 4) is 0 Å². The number of carbonyl (C=O) groups excluding carboxylic acids is 2. The number of nitrogens with zero attached hydrogens (tertiary/aromatic N) is 4. The maximum Gasteiger partial charge on any atom is 0.322 e. The number of likely N-dealkylation sites (N-methyl/N-ethyl adjacent to an activating group) is 1. The Bertz CT molecular complexity index is 511. The third-order valence-electron chi connectivity index (χ3n) is 3.40. The molecule has 2 heterocycles. The Hall–Kier alpha value is -2.05. The first-order chi connectivity index (χ1) is 9.95. The third kappa shape index (κ3) is 4.21. The predicted molar refractivity (Wildman–Crippen MR) is 79.9 cm³/mol. The van der Waals surface area contributed by atoms with E-state index in [0.717, 1.165) is 13.0 Å². The summed E-state index contributed by atoms with van der Waals surface area (Å²) in [5.74, 6) is 0.463. The van der Waals surface area contributed by atoms with Crippen LogP contribution in [0.5, 0.6) is 0 Å². The van der Waals surface area contributed by atoms with Crippen molar-refractivity contribution in [3.05, 3.63) is 12.4 Å². The van der Waals surface area contributed by atoms with Crippen LogP contribution in [0.4, 0.5) is 10.5 Å². The van der Waals surface area contributed by atoms with Crippen LogP contribution >= 0.6 is 0 Å². The van der Waals surface area contributed by atoms with Gasteiger partial charge in [0.2, 0.25) is 5.91 Å². The lowest BCUT2D eigenvalue weighted by atomic mass is 10.2. The number of rotatable bonds is 3. The molecule has 3 amide bonds. The van der Waals surface area contributed by atoms with Crippen molar-refractivity contribution in [1.29, 1.82) is 0 Å². The lowest BCUT2D eigenvalue weighted by molar-refractivity contribution is -0.129. The Kier molecular flexibility index (Phi) is 4.82. The predicted octanol–water partition coefficient (Wildman–Crippen LogP) is 1.24. The molecule has 116 valence electrons. The van der Waals surface area contributed by atoms with Gasteiger partial charge < -0.3 is 15.1 Å². The van der Waals surface area contributed by atoms with Crippen LogP contribution in [0.3, 0.4) is 0 Å². The summed E-state index contributed by atoms with van der Waals surface area (Å²) in [6.07, 6.45) is 4.23. The first-order valence-corrected chi connectivity index (χ1v) is 7.28. The molecule has 7 nitrogen and oxygen atoms in total. The highest BCUT2D eigenvalue weighted by Gasteiger charge is 2.23. The van der Waals surface area contributed by atoms with Gasteiger partial charge >= 0.3 is 6.03 Å². The second-order valence-electron chi connectivity index (χ2n) is 5.87. The Morgan fingerprint density at radius 1 is 1.43 bits per heavy atom. The van der Waals surface area contributed by atoms with Gasteiger partial charge in [-0.1, -0.05) is 13.8 Å². The molecule has 1 aromatic heterocycles. The number of urea groups is 1. The van der Waals surface area contributed by atoms with E-state index < -0.39 is 0 Å². The molecule has 1 fully saturated rings. The molecule has 0 aromatic carbocycles. The first-order valence-electron chi connectivity index (χ1n) is 7.28. The quantitative estimate of drug-likeness (QED) is 0.911. The molecule has 1 N–H and O–H groups in total. The summed E-state index contributed by atoms with van der Waals surface area (Å²) in [4.78, 5) is 27.2. The van der Waals surface area contributed by atoms with Gasteiger partial charge in [0, 0.05) is 32.9 Å². The van der Waals surface area contributed by atoms with Gasteiger partial charge in [0.25, 0.3) is 0 Å². The number of carbonyl (C=O) groups is 2. The Morgan fingerprint density at radius 2 is 2.19 bits per heavy atom. The molecule has 1 aromatic rings. The van der Waals surface area contributed by atoms with Crippen LogP contribution in [0.1, 0.15) is 20.3 Å². The van der Waals surface area contributed by atoms with E-state index in [9.17, 15) is 9.59 Å². The molecule has 1 saturated heterocycles. The fourth-order valence-corrected chi connectivity index (χ4v) is 2.26. The lowest BCUT2D eigenvalue weighted by Crippen LogP contribution is -2.40. The fourth-order valence-electron chi connectivity index (χ4n) is 2.26. The number of amides is 3. The lowest BCUT2D eigenvalue weighted by Gasteiger charge is -2.19. The average Bonchev–Trinajstić information content (AvgIpc) is 2.75. The van der Waals surface area contributed by atoms with Gasteiger partial charge in [0.1, 0.15) is 6.54 Å². The van der Waals surface area contributed by atoms with E-state index in [1.165, 1.54) is 0 Å². The van der Waals surface area contributed by atoms with Crippen molar-refractivity contribution < 1.29 is 9.59 Å². The summed E-state index contributed by atoms with van der Waals surface area (Å²) in [6, 6.07) is -0.247.